The van der Waals surface area contributed by atoms with Crippen LogP contribution in [0.25, 0.3) is 0 Å². The van der Waals surface area contributed by atoms with Crippen LogP contribution in [0.3, 0.4) is 0 Å². The molecule has 18 heavy (non-hydrogen) atoms. The number of nitrogens with zero attached hydrogens (tertiary/aromatic N) is 1. The number of carbonyl (C=O) groups is 1. The molecule has 1 aliphatic heterocycles. The minimum absolute atomic E-state index is 0. The maximum absolute atomic E-state index is 12.3. The SMILES string of the molecule is CC[N+]1(C2(C(=O)NC)CCC2)[CH-]CCCCC1.[Y]. The molecular formula is C14H26N2OY. The normalized spacial score (nSPS) is 30.6. The molecule has 1 radical (unpaired) electrons. The van der Waals surface area contributed by atoms with Crippen LogP contribution >= 0.6 is 0 Å². The number of quaternary nitrogens is 1. The van der Waals surface area contributed by atoms with Crippen molar-refractivity contribution in [2.45, 2.75) is 57.4 Å². The topological polar surface area (TPSA) is 29.1 Å². The molecule has 3 nitrogen and oxygen atoms in total. The Kier molecular flexibility index (Phi) is 6.27. The van der Waals surface area contributed by atoms with Gasteiger partial charge in [-0.25, -0.2) is 0 Å². The van der Waals surface area contributed by atoms with Gasteiger partial charge in [-0.15, -0.1) is 13.0 Å². The fourth-order valence-electron chi connectivity index (χ4n) is 3.74. The van der Waals surface area contributed by atoms with Crippen molar-refractivity contribution in [2.24, 2.45) is 0 Å². The van der Waals surface area contributed by atoms with Crippen molar-refractivity contribution < 1.29 is 42.0 Å². The number of hydrogen-bond donors (Lipinski definition) is 1. The molecule has 1 unspecified atom stereocenters. The van der Waals surface area contributed by atoms with Crippen LogP contribution in [0, 0.1) is 6.54 Å². The molecule has 1 saturated carbocycles. The van der Waals surface area contributed by atoms with Crippen molar-refractivity contribution in [1.29, 1.82) is 0 Å². The van der Waals surface area contributed by atoms with Gasteiger partial charge in [0.05, 0.1) is 13.1 Å². The summed E-state index contributed by atoms with van der Waals surface area (Å²) in [4.78, 5) is 12.3. The average Bonchev–Trinajstić information content (AvgIpc) is 2.54. The Balaban J connectivity index is 0.00000162. The molecule has 1 heterocycles. The summed E-state index contributed by atoms with van der Waals surface area (Å²) in [5.41, 5.74) is -0.131. The monoisotopic (exact) mass is 327 g/mol. The fourth-order valence-corrected chi connectivity index (χ4v) is 3.74. The number of likely N-dealkylation sites (N-methyl/N-ethyl adjacent to an activating group) is 2. The molecular weight excluding hydrogens is 301 g/mol. The van der Waals surface area contributed by atoms with E-state index in [1.54, 1.807) is 7.05 Å². The third-order valence-electron chi connectivity index (χ3n) is 4.99. The Labute approximate surface area is 137 Å². The van der Waals surface area contributed by atoms with E-state index in [9.17, 15) is 4.79 Å². The zero-order valence-corrected chi connectivity index (χ0v) is 14.7. The van der Waals surface area contributed by atoms with Crippen molar-refractivity contribution in [2.75, 3.05) is 20.1 Å². The van der Waals surface area contributed by atoms with Crippen LogP contribution in [-0.2, 0) is 37.5 Å². The molecule has 2 fully saturated rings. The summed E-state index contributed by atoms with van der Waals surface area (Å²) in [7, 11) is 1.78. The summed E-state index contributed by atoms with van der Waals surface area (Å²) < 4.78 is 0.937. The standard InChI is InChI=1S/C14H26N2O.Y/c1-3-16(11-6-4-5-7-12-16)14(9-8-10-14)13(17)15-2;/h11H,3-10,12H2,1-2H3,(H,15,17);. The third kappa shape index (κ3) is 2.55. The largest absolute Gasteiger partial charge is 0.442 e. The summed E-state index contributed by atoms with van der Waals surface area (Å²) in [6, 6.07) is 0. The van der Waals surface area contributed by atoms with Gasteiger partial charge in [-0.3, -0.25) is 4.79 Å². The van der Waals surface area contributed by atoms with Gasteiger partial charge in [0.1, 0.15) is 0 Å². The van der Waals surface area contributed by atoms with Gasteiger partial charge < -0.3 is 9.80 Å². The van der Waals surface area contributed by atoms with E-state index in [4.69, 9.17) is 0 Å². The van der Waals surface area contributed by atoms with Crippen LogP contribution < -0.4 is 5.32 Å². The van der Waals surface area contributed by atoms with Crippen LogP contribution in [-0.4, -0.2) is 36.1 Å². The van der Waals surface area contributed by atoms with E-state index in [-0.39, 0.29) is 44.2 Å². The van der Waals surface area contributed by atoms with E-state index in [0.29, 0.717) is 0 Å². The van der Waals surface area contributed by atoms with Crippen LogP contribution in [0.15, 0.2) is 0 Å². The molecule has 0 aromatic carbocycles. The second-order valence-corrected chi connectivity index (χ2v) is 5.57. The molecule has 101 valence electrons. The van der Waals surface area contributed by atoms with Gasteiger partial charge in [-0.1, -0.05) is 12.8 Å². The molecule has 1 N–H and O–H groups in total. The molecule has 0 spiro atoms. The van der Waals surface area contributed by atoms with Gasteiger partial charge >= 0.3 is 0 Å². The molecule has 0 bridgehead atoms. The summed E-state index contributed by atoms with van der Waals surface area (Å²) in [6.45, 7) is 6.91. The maximum atomic E-state index is 12.3. The Morgan fingerprint density at radius 3 is 2.50 bits per heavy atom. The number of carbonyl (C=O) groups excluding carboxylic acids is 1. The van der Waals surface area contributed by atoms with Gasteiger partial charge in [0.15, 0.2) is 5.54 Å². The first-order chi connectivity index (χ1) is 8.21. The summed E-state index contributed by atoms with van der Waals surface area (Å²) in [5, 5.41) is 2.91. The van der Waals surface area contributed by atoms with Gasteiger partial charge in [0.25, 0.3) is 5.91 Å². The first-order valence-corrected chi connectivity index (χ1v) is 7.14. The van der Waals surface area contributed by atoms with Gasteiger partial charge in [-0.05, 0) is 19.8 Å². The molecule has 1 aliphatic carbocycles. The molecule has 2 aliphatic rings. The first kappa shape index (κ1) is 16.6. The van der Waals surface area contributed by atoms with Gasteiger partial charge in [-0.2, -0.15) is 0 Å². The van der Waals surface area contributed by atoms with E-state index in [1.807, 2.05) is 0 Å². The quantitative estimate of drug-likeness (QED) is 0.625. The minimum atomic E-state index is -0.131. The van der Waals surface area contributed by atoms with Gasteiger partial charge in [0, 0.05) is 52.6 Å². The Morgan fingerprint density at radius 1 is 1.28 bits per heavy atom. The Hall–Kier alpha value is 0.534. The van der Waals surface area contributed by atoms with Crippen molar-refractivity contribution >= 4 is 5.91 Å². The van der Waals surface area contributed by atoms with E-state index >= 15 is 0 Å². The molecule has 4 heteroatoms. The van der Waals surface area contributed by atoms with Crippen LogP contribution in [0.5, 0.6) is 0 Å². The molecule has 1 saturated heterocycles. The van der Waals surface area contributed by atoms with E-state index in [1.165, 1.54) is 32.1 Å². The third-order valence-corrected chi connectivity index (χ3v) is 4.99. The fraction of sp³-hybridized carbons (Fsp3) is 0.857. The first-order valence-electron chi connectivity index (χ1n) is 7.14. The molecule has 1 amide bonds. The average molecular weight is 327 g/mol. The maximum Gasteiger partial charge on any atom is 0.278 e. The summed E-state index contributed by atoms with van der Waals surface area (Å²) in [6.07, 6.45) is 8.40. The van der Waals surface area contributed by atoms with E-state index < -0.39 is 0 Å². The Bertz CT molecular complexity index is 282. The smallest absolute Gasteiger partial charge is 0.278 e. The van der Waals surface area contributed by atoms with Crippen molar-refractivity contribution in [3.05, 3.63) is 6.54 Å². The Morgan fingerprint density at radius 2 is 2.00 bits per heavy atom. The van der Waals surface area contributed by atoms with Crippen molar-refractivity contribution in [3.63, 3.8) is 0 Å². The number of rotatable bonds is 3. The van der Waals surface area contributed by atoms with E-state index in [2.05, 4.69) is 18.8 Å². The van der Waals surface area contributed by atoms with Crippen LogP contribution in [0.4, 0.5) is 0 Å². The van der Waals surface area contributed by atoms with Crippen LogP contribution in [0.2, 0.25) is 0 Å². The summed E-state index contributed by atoms with van der Waals surface area (Å²) in [5.74, 6) is 0.267. The second-order valence-electron chi connectivity index (χ2n) is 5.57. The van der Waals surface area contributed by atoms with Crippen molar-refractivity contribution in [3.8, 4) is 0 Å². The predicted octanol–water partition coefficient (Wildman–Crippen LogP) is 2.23. The summed E-state index contributed by atoms with van der Waals surface area (Å²) >= 11 is 0. The zero-order valence-electron chi connectivity index (χ0n) is 11.9. The minimum Gasteiger partial charge on any atom is -0.442 e. The number of likely N-dealkylation sites (tertiary alicyclic amines) is 1. The molecule has 2 rings (SSSR count). The predicted molar refractivity (Wildman–Crippen MR) is 69.1 cm³/mol. The zero-order chi connectivity index (χ0) is 12.4. The molecule has 0 aromatic heterocycles. The van der Waals surface area contributed by atoms with Gasteiger partial charge in [0.2, 0.25) is 0 Å². The molecule has 0 aromatic rings. The second kappa shape index (κ2) is 6.81. The van der Waals surface area contributed by atoms with Crippen molar-refractivity contribution in [1.82, 2.24) is 5.32 Å². The van der Waals surface area contributed by atoms with E-state index in [0.717, 1.165) is 30.4 Å². The molecule has 1 atom stereocenters. The number of hydrogen-bond acceptors (Lipinski definition) is 1. The number of nitrogens with one attached hydrogen (secondary N) is 1. The van der Waals surface area contributed by atoms with Crippen LogP contribution in [0.1, 0.15) is 51.9 Å². The number of amides is 1.